The second-order valence-corrected chi connectivity index (χ2v) is 10.6. The molecule has 2 N–H and O–H groups in total. The Morgan fingerprint density at radius 3 is 2.58 bits per heavy atom. The van der Waals surface area contributed by atoms with Gasteiger partial charge in [0.15, 0.2) is 0 Å². The minimum absolute atomic E-state index is 0.225. The second-order valence-electron chi connectivity index (χ2n) is 10.6. The Bertz CT molecular complexity index is 534. The molecule has 4 fully saturated rings. The van der Waals surface area contributed by atoms with Crippen LogP contribution in [0.15, 0.2) is 0 Å². The first-order valence-electron chi connectivity index (χ1n) is 11.4. The van der Waals surface area contributed by atoms with Crippen molar-refractivity contribution < 1.29 is 10.0 Å². The largest absolute Gasteiger partial charge is 0.289 e. The van der Waals surface area contributed by atoms with E-state index in [2.05, 4.69) is 13.8 Å². The zero-order chi connectivity index (χ0) is 18.4. The highest BCUT2D eigenvalue weighted by atomic mass is 16.5. The molecule has 26 heavy (non-hydrogen) atoms. The predicted octanol–water partition coefficient (Wildman–Crippen LogP) is 5.71. The van der Waals surface area contributed by atoms with Gasteiger partial charge < -0.3 is 0 Å². The molecule has 3 nitrogen and oxygen atoms in total. The molecule has 0 saturated heterocycles. The van der Waals surface area contributed by atoms with Gasteiger partial charge in [0.25, 0.3) is 0 Å². The predicted molar refractivity (Wildman–Crippen MR) is 104 cm³/mol. The molecule has 0 heterocycles. The Kier molecular flexibility index (Phi) is 5.14. The smallest absolute Gasteiger partial charge is 0.243 e. The van der Waals surface area contributed by atoms with Gasteiger partial charge in [-0.3, -0.25) is 10.0 Å². The van der Waals surface area contributed by atoms with Crippen LogP contribution in [-0.4, -0.2) is 11.1 Å². The Morgan fingerprint density at radius 2 is 1.77 bits per heavy atom. The van der Waals surface area contributed by atoms with Crippen molar-refractivity contribution >= 4 is 5.91 Å². The minimum Gasteiger partial charge on any atom is -0.289 e. The number of hydroxylamine groups is 1. The molecule has 0 aliphatic heterocycles. The van der Waals surface area contributed by atoms with Crippen LogP contribution in [0, 0.1) is 40.4 Å². The Morgan fingerprint density at radius 1 is 0.962 bits per heavy atom. The maximum absolute atomic E-state index is 11.3. The fourth-order valence-corrected chi connectivity index (χ4v) is 8.44. The maximum Gasteiger partial charge on any atom is 0.243 e. The number of amides is 1. The van der Waals surface area contributed by atoms with Gasteiger partial charge in [0.1, 0.15) is 0 Å². The molecule has 0 radical (unpaired) electrons. The van der Waals surface area contributed by atoms with E-state index < -0.39 is 0 Å². The van der Waals surface area contributed by atoms with Crippen molar-refractivity contribution in [3.8, 4) is 0 Å². The number of rotatable bonds is 4. The summed E-state index contributed by atoms with van der Waals surface area (Å²) in [5.41, 5.74) is 2.93. The van der Waals surface area contributed by atoms with Crippen LogP contribution in [0.5, 0.6) is 0 Å². The molecule has 0 aromatic rings. The fourth-order valence-electron chi connectivity index (χ4n) is 8.44. The molecule has 0 aromatic heterocycles. The summed E-state index contributed by atoms with van der Waals surface area (Å²) in [6.07, 6.45) is 17.1. The third-order valence-corrected chi connectivity index (χ3v) is 9.86. The van der Waals surface area contributed by atoms with E-state index in [1.165, 1.54) is 64.2 Å². The summed E-state index contributed by atoms with van der Waals surface area (Å²) in [5, 5.41) is 8.71. The number of carbonyl (C=O) groups is 1. The molecule has 4 saturated carbocycles. The van der Waals surface area contributed by atoms with Crippen LogP contribution in [0.2, 0.25) is 0 Å². The van der Waals surface area contributed by atoms with E-state index in [1.807, 2.05) is 0 Å². The Balaban J connectivity index is 1.45. The van der Waals surface area contributed by atoms with E-state index in [4.69, 9.17) is 5.21 Å². The molecule has 0 bridgehead atoms. The average molecular weight is 362 g/mol. The number of hydrogen-bond acceptors (Lipinski definition) is 2. The molecular formula is C23H39NO2. The Hall–Kier alpha value is -0.570. The summed E-state index contributed by atoms with van der Waals surface area (Å²) in [5.74, 6) is 4.46. The van der Waals surface area contributed by atoms with Gasteiger partial charge in [-0.15, -0.1) is 0 Å². The van der Waals surface area contributed by atoms with Crippen LogP contribution in [0.3, 0.4) is 0 Å². The molecule has 1 amide bonds. The van der Waals surface area contributed by atoms with Crippen molar-refractivity contribution in [1.29, 1.82) is 0 Å². The molecule has 0 aromatic carbocycles. The standard InChI is InChI=1S/C23H39NO2/c1-22-14-4-3-6-16(22)9-11-18-19-12-10-17(7-5-8-21(25)24-26)23(19,2)15-13-20(18)22/h16-20,26H,3-15H2,1-2H3,(H,24,25). The first kappa shape index (κ1) is 18.8. The van der Waals surface area contributed by atoms with Crippen molar-refractivity contribution in [3.63, 3.8) is 0 Å². The van der Waals surface area contributed by atoms with Crippen molar-refractivity contribution in [1.82, 2.24) is 5.48 Å². The van der Waals surface area contributed by atoms with Gasteiger partial charge in [0, 0.05) is 6.42 Å². The van der Waals surface area contributed by atoms with E-state index in [0.29, 0.717) is 17.3 Å². The van der Waals surface area contributed by atoms with Crippen molar-refractivity contribution in [2.75, 3.05) is 0 Å². The summed E-state index contributed by atoms with van der Waals surface area (Å²) in [7, 11) is 0. The van der Waals surface area contributed by atoms with Crippen LogP contribution in [-0.2, 0) is 4.79 Å². The van der Waals surface area contributed by atoms with Gasteiger partial charge in [-0.25, -0.2) is 5.48 Å². The lowest BCUT2D eigenvalue weighted by Crippen LogP contribution is -2.52. The van der Waals surface area contributed by atoms with Gasteiger partial charge >= 0.3 is 0 Å². The number of hydrogen-bond donors (Lipinski definition) is 2. The zero-order valence-corrected chi connectivity index (χ0v) is 16.9. The summed E-state index contributed by atoms with van der Waals surface area (Å²) in [6.45, 7) is 5.25. The van der Waals surface area contributed by atoms with Crippen molar-refractivity contribution in [3.05, 3.63) is 0 Å². The third kappa shape index (κ3) is 2.93. The lowest BCUT2D eigenvalue weighted by atomic mass is 9.45. The van der Waals surface area contributed by atoms with E-state index in [0.717, 1.165) is 42.4 Å². The van der Waals surface area contributed by atoms with E-state index in [1.54, 1.807) is 5.48 Å². The van der Waals surface area contributed by atoms with E-state index in [-0.39, 0.29) is 5.91 Å². The summed E-state index contributed by atoms with van der Waals surface area (Å²) in [6, 6.07) is 0. The van der Waals surface area contributed by atoms with Crippen molar-refractivity contribution in [2.24, 2.45) is 40.4 Å². The van der Waals surface area contributed by atoms with Crippen LogP contribution in [0.25, 0.3) is 0 Å². The van der Waals surface area contributed by atoms with Gasteiger partial charge in [-0.05, 0) is 105 Å². The molecular weight excluding hydrogens is 322 g/mol. The second kappa shape index (κ2) is 7.11. The zero-order valence-electron chi connectivity index (χ0n) is 16.9. The molecule has 4 rings (SSSR count). The summed E-state index contributed by atoms with van der Waals surface area (Å²) < 4.78 is 0. The van der Waals surface area contributed by atoms with Crippen molar-refractivity contribution in [2.45, 2.75) is 97.3 Å². The first-order chi connectivity index (χ1) is 12.5. The summed E-state index contributed by atoms with van der Waals surface area (Å²) in [4.78, 5) is 11.3. The molecule has 0 spiro atoms. The quantitative estimate of drug-likeness (QED) is 0.497. The fraction of sp³-hybridized carbons (Fsp3) is 0.957. The Labute approximate surface area is 159 Å². The van der Waals surface area contributed by atoms with E-state index >= 15 is 0 Å². The number of fused-ring (bicyclic) bond motifs is 5. The summed E-state index contributed by atoms with van der Waals surface area (Å²) >= 11 is 0. The highest BCUT2D eigenvalue weighted by Crippen LogP contribution is 2.67. The minimum atomic E-state index is -0.225. The van der Waals surface area contributed by atoms with Crippen LogP contribution in [0.4, 0.5) is 0 Å². The topological polar surface area (TPSA) is 49.3 Å². The van der Waals surface area contributed by atoms with Gasteiger partial charge in [-0.1, -0.05) is 26.7 Å². The van der Waals surface area contributed by atoms with E-state index in [9.17, 15) is 4.79 Å². The average Bonchev–Trinajstić information content (AvgIpc) is 2.97. The van der Waals surface area contributed by atoms with Crippen LogP contribution < -0.4 is 5.48 Å². The van der Waals surface area contributed by atoms with Gasteiger partial charge in [0.05, 0.1) is 0 Å². The number of nitrogens with one attached hydrogen (secondary N) is 1. The highest BCUT2D eigenvalue weighted by molar-refractivity contribution is 5.74. The molecule has 148 valence electrons. The third-order valence-electron chi connectivity index (χ3n) is 9.86. The monoisotopic (exact) mass is 361 g/mol. The van der Waals surface area contributed by atoms with Crippen LogP contribution >= 0.6 is 0 Å². The molecule has 4 aliphatic rings. The lowest BCUT2D eigenvalue weighted by Gasteiger charge is -2.60. The first-order valence-corrected chi connectivity index (χ1v) is 11.4. The maximum atomic E-state index is 11.3. The molecule has 7 unspecified atom stereocenters. The highest BCUT2D eigenvalue weighted by Gasteiger charge is 2.59. The molecule has 7 atom stereocenters. The number of carbonyl (C=O) groups excluding carboxylic acids is 1. The van der Waals surface area contributed by atoms with Gasteiger partial charge in [-0.2, -0.15) is 0 Å². The molecule has 4 aliphatic carbocycles. The lowest BCUT2D eigenvalue weighted by molar-refractivity contribution is -0.129. The van der Waals surface area contributed by atoms with Crippen LogP contribution in [0.1, 0.15) is 97.3 Å². The molecule has 3 heteroatoms. The normalized spacial score (nSPS) is 47.6. The van der Waals surface area contributed by atoms with Gasteiger partial charge in [0.2, 0.25) is 5.91 Å². The SMILES string of the molecule is CC12CCCCC1CCC1C2CCC2(C)C(CCCC(=O)NO)CCC12.